The van der Waals surface area contributed by atoms with Crippen molar-refractivity contribution in [1.29, 1.82) is 0 Å². The second-order valence-corrected chi connectivity index (χ2v) is 8.33. The van der Waals surface area contributed by atoms with Crippen molar-refractivity contribution in [3.8, 4) is 17.1 Å². The van der Waals surface area contributed by atoms with Gasteiger partial charge in [-0.05, 0) is 49.4 Å². The lowest BCUT2D eigenvalue weighted by molar-refractivity contribution is 0.0925. The first-order valence-electron chi connectivity index (χ1n) is 10.4. The molecule has 0 fully saturated rings. The molecule has 0 saturated carbocycles. The number of nitrogens with one attached hydrogen (secondary N) is 1. The summed E-state index contributed by atoms with van der Waals surface area (Å²) in [6.07, 6.45) is 0.666. The largest absolute Gasteiger partial charge is 0.493 e. The van der Waals surface area contributed by atoms with Crippen LogP contribution in [-0.2, 0) is 0 Å². The van der Waals surface area contributed by atoms with Crippen LogP contribution in [0.3, 0.4) is 0 Å². The van der Waals surface area contributed by atoms with Crippen LogP contribution in [0.15, 0.2) is 75.9 Å². The van der Waals surface area contributed by atoms with Crippen LogP contribution in [0.5, 0.6) is 5.75 Å². The molecular formula is C26H20ClNO4. The van der Waals surface area contributed by atoms with Crippen molar-refractivity contribution in [2.24, 2.45) is 0 Å². The van der Waals surface area contributed by atoms with Crippen LogP contribution in [0.4, 0.5) is 0 Å². The number of amides is 1. The van der Waals surface area contributed by atoms with Gasteiger partial charge in [0, 0.05) is 34.2 Å². The molecule has 0 aliphatic carbocycles. The summed E-state index contributed by atoms with van der Waals surface area (Å²) >= 11 is 6.13. The van der Waals surface area contributed by atoms with Crippen molar-refractivity contribution in [3.63, 3.8) is 0 Å². The lowest BCUT2D eigenvalue weighted by Crippen LogP contribution is -2.32. The molecule has 0 spiro atoms. The Balaban J connectivity index is 1.38. The summed E-state index contributed by atoms with van der Waals surface area (Å²) in [7, 11) is 0. The SMILES string of the molecule is Cc1ccc2oc(-c3ccc(C(=O)NC4CCOc5ccc(Cl)cc54)cc3)cc(=O)c2c1. The van der Waals surface area contributed by atoms with Gasteiger partial charge in [0.05, 0.1) is 18.0 Å². The van der Waals surface area contributed by atoms with Gasteiger partial charge in [0.15, 0.2) is 5.43 Å². The Kier molecular flexibility index (Phi) is 5.19. The lowest BCUT2D eigenvalue weighted by atomic mass is 10.00. The normalized spacial score (nSPS) is 15.1. The van der Waals surface area contributed by atoms with Gasteiger partial charge in [-0.15, -0.1) is 0 Å². The van der Waals surface area contributed by atoms with Crippen LogP contribution < -0.4 is 15.5 Å². The molecule has 2 heterocycles. The van der Waals surface area contributed by atoms with Gasteiger partial charge in [-0.1, -0.05) is 35.4 Å². The average molecular weight is 446 g/mol. The van der Waals surface area contributed by atoms with Crippen LogP contribution >= 0.6 is 11.6 Å². The Labute approximate surface area is 189 Å². The summed E-state index contributed by atoms with van der Waals surface area (Å²) in [6.45, 7) is 2.46. The summed E-state index contributed by atoms with van der Waals surface area (Å²) < 4.78 is 11.6. The van der Waals surface area contributed by atoms with Crippen LogP contribution in [0.25, 0.3) is 22.3 Å². The third-order valence-corrected chi connectivity index (χ3v) is 5.87. The highest BCUT2D eigenvalue weighted by molar-refractivity contribution is 6.30. The third-order valence-electron chi connectivity index (χ3n) is 5.63. The minimum atomic E-state index is -0.190. The molecule has 160 valence electrons. The van der Waals surface area contributed by atoms with Crippen molar-refractivity contribution in [3.05, 3.63) is 98.7 Å². The second kappa shape index (κ2) is 8.17. The van der Waals surface area contributed by atoms with E-state index in [1.807, 2.05) is 31.2 Å². The van der Waals surface area contributed by atoms with Gasteiger partial charge in [0.1, 0.15) is 17.1 Å². The first-order chi connectivity index (χ1) is 15.5. The molecule has 0 bridgehead atoms. The molecule has 1 aliphatic rings. The molecule has 0 saturated heterocycles. The second-order valence-electron chi connectivity index (χ2n) is 7.90. The van der Waals surface area contributed by atoms with E-state index in [1.54, 1.807) is 36.4 Å². The highest BCUT2D eigenvalue weighted by atomic mass is 35.5. The topological polar surface area (TPSA) is 68.5 Å². The number of carbonyl (C=O) groups is 1. The summed E-state index contributed by atoms with van der Waals surface area (Å²) in [4.78, 5) is 25.4. The zero-order chi connectivity index (χ0) is 22.2. The van der Waals surface area contributed by atoms with Crippen molar-refractivity contribution >= 4 is 28.5 Å². The van der Waals surface area contributed by atoms with E-state index < -0.39 is 0 Å². The number of carbonyl (C=O) groups excluding carboxylic acids is 1. The van der Waals surface area contributed by atoms with E-state index in [-0.39, 0.29) is 17.4 Å². The minimum Gasteiger partial charge on any atom is -0.493 e. The first kappa shape index (κ1) is 20.3. The Morgan fingerprint density at radius 2 is 1.84 bits per heavy atom. The highest BCUT2D eigenvalue weighted by Gasteiger charge is 2.24. The van der Waals surface area contributed by atoms with E-state index in [0.29, 0.717) is 40.3 Å². The van der Waals surface area contributed by atoms with Crippen LogP contribution in [-0.4, -0.2) is 12.5 Å². The lowest BCUT2D eigenvalue weighted by Gasteiger charge is -2.27. The van der Waals surface area contributed by atoms with Gasteiger partial charge < -0.3 is 14.5 Å². The molecule has 1 amide bonds. The summed E-state index contributed by atoms with van der Waals surface area (Å²) in [5.41, 5.74) is 3.57. The number of fused-ring (bicyclic) bond motifs is 2. The Hall–Kier alpha value is -3.57. The van der Waals surface area contributed by atoms with Crippen molar-refractivity contribution in [1.82, 2.24) is 5.32 Å². The quantitative estimate of drug-likeness (QED) is 0.440. The smallest absolute Gasteiger partial charge is 0.251 e. The zero-order valence-corrected chi connectivity index (χ0v) is 18.1. The molecule has 3 aromatic carbocycles. The summed E-state index contributed by atoms with van der Waals surface area (Å²) in [5, 5.41) is 4.22. The Morgan fingerprint density at radius 3 is 2.66 bits per heavy atom. The predicted octanol–water partition coefficient (Wildman–Crippen LogP) is 5.68. The van der Waals surface area contributed by atoms with Crippen molar-refractivity contribution in [2.75, 3.05) is 6.61 Å². The number of aryl methyl sites for hydroxylation is 1. The molecule has 5 nitrogen and oxygen atoms in total. The van der Waals surface area contributed by atoms with E-state index in [9.17, 15) is 9.59 Å². The maximum atomic E-state index is 12.9. The number of benzene rings is 3. The molecule has 1 N–H and O–H groups in total. The van der Waals surface area contributed by atoms with Gasteiger partial charge in [0.25, 0.3) is 5.91 Å². The number of ether oxygens (including phenoxy) is 1. The molecule has 1 aromatic heterocycles. The predicted molar refractivity (Wildman–Crippen MR) is 124 cm³/mol. The first-order valence-corrected chi connectivity index (χ1v) is 10.7. The number of hydrogen-bond acceptors (Lipinski definition) is 4. The number of halogens is 1. The maximum Gasteiger partial charge on any atom is 0.251 e. The molecule has 1 aliphatic heterocycles. The fourth-order valence-electron chi connectivity index (χ4n) is 3.96. The highest BCUT2D eigenvalue weighted by Crippen LogP contribution is 2.34. The molecule has 1 unspecified atom stereocenters. The van der Waals surface area contributed by atoms with Crippen molar-refractivity contribution < 1.29 is 13.9 Å². The van der Waals surface area contributed by atoms with Gasteiger partial charge in [-0.3, -0.25) is 9.59 Å². The van der Waals surface area contributed by atoms with E-state index in [1.165, 1.54) is 6.07 Å². The minimum absolute atomic E-state index is 0.0939. The maximum absolute atomic E-state index is 12.9. The summed E-state index contributed by atoms with van der Waals surface area (Å²) in [6, 6.07) is 19.3. The van der Waals surface area contributed by atoms with Gasteiger partial charge in [-0.25, -0.2) is 0 Å². The number of rotatable bonds is 3. The van der Waals surface area contributed by atoms with Crippen molar-refractivity contribution in [2.45, 2.75) is 19.4 Å². The van der Waals surface area contributed by atoms with E-state index in [4.69, 9.17) is 20.8 Å². The Bertz CT molecular complexity index is 1390. The van der Waals surface area contributed by atoms with E-state index >= 15 is 0 Å². The molecule has 4 aromatic rings. The molecule has 5 rings (SSSR count). The summed E-state index contributed by atoms with van der Waals surface area (Å²) in [5.74, 6) is 1.01. The standard InChI is InChI=1S/C26H20ClNO4/c1-15-2-8-24-20(12-15)22(29)14-25(32-24)16-3-5-17(6-4-16)26(30)28-21-10-11-31-23-9-7-18(27)13-19(21)23/h2-9,12-14,21H,10-11H2,1H3,(H,28,30). The molecule has 0 radical (unpaired) electrons. The zero-order valence-electron chi connectivity index (χ0n) is 17.4. The van der Waals surface area contributed by atoms with E-state index in [2.05, 4.69) is 5.32 Å². The average Bonchev–Trinajstić information content (AvgIpc) is 2.80. The van der Waals surface area contributed by atoms with Crippen LogP contribution in [0, 0.1) is 6.92 Å². The number of hydrogen-bond donors (Lipinski definition) is 1. The monoisotopic (exact) mass is 445 g/mol. The van der Waals surface area contributed by atoms with E-state index in [0.717, 1.165) is 22.4 Å². The molecule has 1 atom stereocenters. The van der Waals surface area contributed by atoms with Gasteiger partial charge in [0.2, 0.25) is 0 Å². The molecular weight excluding hydrogens is 426 g/mol. The van der Waals surface area contributed by atoms with Crippen LogP contribution in [0.1, 0.15) is 33.9 Å². The Morgan fingerprint density at radius 1 is 1.03 bits per heavy atom. The van der Waals surface area contributed by atoms with Gasteiger partial charge >= 0.3 is 0 Å². The third kappa shape index (κ3) is 3.87. The van der Waals surface area contributed by atoms with Gasteiger partial charge in [-0.2, -0.15) is 0 Å². The fourth-order valence-corrected chi connectivity index (χ4v) is 4.14. The van der Waals surface area contributed by atoms with Crippen LogP contribution in [0.2, 0.25) is 5.02 Å². The molecule has 6 heteroatoms. The fraction of sp³-hybridized carbons (Fsp3) is 0.154. The molecule has 32 heavy (non-hydrogen) atoms.